The lowest BCUT2D eigenvalue weighted by Gasteiger charge is -2.36. The van der Waals surface area contributed by atoms with Crippen molar-refractivity contribution in [3.05, 3.63) is 0 Å². The molecular formula is C11H23N3O2. The van der Waals surface area contributed by atoms with E-state index in [4.69, 9.17) is 11.5 Å². The molecule has 2 amide bonds. The summed E-state index contributed by atoms with van der Waals surface area (Å²) >= 11 is 0. The zero-order valence-corrected chi connectivity index (χ0v) is 10.6. The Hall–Kier alpha value is -1.10. The zero-order chi connectivity index (χ0) is 13.0. The third-order valence-electron chi connectivity index (χ3n) is 3.06. The minimum absolute atomic E-state index is 0.107. The maximum atomic E-state index is 11.8. The van der Waals surface area contributed by atoms with Crippen LogP contribution in [0.25, 0.3) is 0 Å². The largest absolute Gasteiger partial charge is 0.370 e. The van der Waals surface area contributed by atoms with Gasteiger partial charge >= 0.3 is 0 Å². The van der Waals surface area contributed by atoms with E-state index in [1.807, 2.05) is 13.8 Å². The molecule has 0 aromatic heterocycles. The molecule has 94 valence electrons. The Bertz CT molecular complexity index is 267. The highest BCUT2D eigenvalue weighted by molar-refractivity contribution is 5.83. The van der Waals surface area contributed by atoms with Crippen LogP contribution in [-0.2, 0) is 9.59 Å². The molecule has 0 unspecified atom stereocenters. The summed E-state index contributed by atoms with van der Waals surface area (Å²) in [6.45, 7) is 7.68. The molecule has 0 rings (SSSR count). The summed E-state index contributed by atoms with van der Waals surface area (Å²) in [6.07, 6.45) is 0.842. The van der Waals surface area contributed by atoms with Crippen molar-refractivity contribution >= 4 is 11.8 Å². The number of primary amides is 1. The Morgan fingerprint density at radius 3 is 2.06 bits per heavy atom. The third-order valence-corrected chi connectivity index (χ3v) is 3.06. The zero-order valence-electron chi connectivity index (χ0n) is 10.6. The van der Waals surface area contributed by atoms with Gasteiger partial charge in [-0.05, 0) is 34.1 Å². The van der Waals surface area contributed by atoms with Gasteiger partial charge in [-0.25, -0.2) is 0 Å². The van der Waals surface area contributed by atoms with Gasteiger partial charge in [0.2, 0.25) is 11.8 Å². The van der Waals surface area contributed by atoms with Crippen molar-refractivity contribution in [3.63, 3.8) is 0 Å². The van der Waals surface area contributed by atoms with E-state index in [0.717, 1.165) is 0 Å². The molecule has 0 atom stereocenters. The molecule has 0 bridgehead atoms. The lowest BCUT2D eigenvalue weighted by Crippen LogP contribution is -2.55. The summed E-state index contributed by atoms with van der Waals surface area (Å²) < 4.78 is 0. The number of hydrogen-bond donors (Lipinski definition) is 3. The van der Waals surface area contributed by atoms with Crippen molar-refractivity contribution in [2.24, 2.45) is 16.9 Å². The Morgan fingerprint density at radius 2 is 1.69 bits per heavy atom. The van der Waals surface area contributed by atoms with Crippen molar-refractivity contribution in [3.8, 4) is 0 Å². The van der Waals surface area contributed by atoms with Crippen molar-refractivity contribution in [1.29, 1.82) is 0 Å². The molecule has 5 heteroatoms. The maximum Gasteiger partial charge on any atom is 0.227 e. The van der Waals surface area contributed by atoms with E-state index in [1.165, 1.54) is 0 Å². The van der Waals surface area contributed by atoms with Crippen LogP contribution in [0.15, 0.2) is 0 Å². The molecule has 0 saturated carbocycles. The van der Waals surface area contributed by atoms with E-state index in [9.17, 15) is 9.59 Å². The molecule has 0 aliphatic carbocycles. The van der Waals surface area contributed by atoms with Crippen LogP contribution in [0.5, 0.6) is 0 Å². The summed E-state index contributed by atoms with van der Waals surface area (Å²) in [4.78, 5) is 22.3. The predicted molar refractivity (Wildman–Crippen MR) is 63.5 cm³/mol. The average molecular weight is 229 g/mol. The number of amides is 2. The van der Waals surface area contributed by atoms with E-state index in [0.29, 0.717) is 13.0 Å². The second kappa shape index (κ2) is 5.30. The highest BCUT2D eigenvalue weighted by Crippen LogP contribution is 2.28. The first kappa shape index (κ1) is 14.9. The first-order chi connectivity index (χ1) is 7.09. The van der Waals surface area contributed by atoms with Gasteiger partial charge in [0.05, 0.1) is 5.41 Å². The molecule has 0 heterocycles. The van der Waals surface area contributed by atoms with Crippen molar-refractivity contribution in [2.75, 3.05) is 6.54 Å². The van der Waals surface area contributed by atoms with Gasteiger partial charge < -0.3 is 16.8 Å². The molecule has 0 aliphatic rings. The smallest absolute Gasteiger partial charge is 0.227 e. The summed E-state index contributed by atoms with van der Waals surface area (Å²) in [7, 11) is 0. The van der Waals surface area contributed by atoms with E-state index in [1.54, 1.807) is 13.8 Å². The standard InChI is InChI=1S/C11H23N3O2/c1-10(2,11(3,4)13)9(16)14-7-5-6-8(12)15/h5-7,13H2,1-4H3,(H2,12,15)(H,14,16). The van der Waals surface area contributed by atoms with Crippen LogP contribution in [0.2, 0.25) is 0 Å². The fourth-order valence-electron chi connectivity index (χ4n) is 0.978. The predicted octanol–water partition coefficient (Wildman–Crippen LogP) is 0.132. The highest BCUT2D eigenvalue weighted by Gasteiger charge is 2.39. The van der Waals surface area contributed by atoms with Crippen molar-refractivity contribution in [1.82, 2.24) is 5.32 Å². The first-order valence-electron chi connectivity index (χ1n) is 5.44. The molecule has 0 radical (unpaired) electrons. The van der Waals surface area contributed by atoms with E-state index in [2.05, 4.69) is 5.32 Å². The fraction of sp³-hybridized carbons (Fsp3) is 0.818. The van der Waals surface area contributed by atoms with E-state index in [-0.39, 0.29) is 18.2 Å². The minimum atomic E-state index is -0.653. The molecule has 0 spiro atoms. The van der Waals surface area contributed by atoms with Gasteiger partial charge in [0.1, 0.15) is 0 Å². The van der Waals surface area contributed by atoms with E-state index < -0.39 is 11.0 Å². The van der Waals surface area contributed by atoms with Crippen molar-refractivity contribution < 1.29 is 9.59 Å². The van der Waals surface area contributed by atoms with Crippen LogP contribution < -0.4 is 16.8 Å². The Morgan fingerprint density at radius 1 is 1.19 bits per heavy atom. The number of nitrogens with two attached hydrogens (primary N) is 2. The number of hydrogen-bond acceptors (Lipinski definition) is 3. The second-order valence-electron chi connectivity index (χ2n) is 5.17. The van der Waals surface area contributed by atoms with Gasteiger partial charge in [0.25, 0.3) is 0 Å². The van der Waals surface area contributed by atoms with Crippen molar-refractivity contribution in [2.45, 2.75) is 46.1 Å². The summed E-state index contributed by atoms with van der Waals surface area (Å²) in [5.41, 5.74) is 9.67. The van der Waals surface area contributed by atoms with Gasteiger partial charge in [-0.3, -0.25) is 9.59 Å². The number of nitrogens with one attached hydrogen (secondary N) is 1. The number of rotatable bonds is 6. The average Bonchev–Trinajstić information content (AvgIpc) is 2.09. The lowest BCUT2D eigenvalue weighted by molar-refractivity contribution is -0.132. The molecule has 0 aromatic carbocycles. The Labute approximate surface area is 96.9 Å². The van der Waals surface area contributed by atoms with Crippen LogP contribution in [0, 0.1) is 5.41 Å². The quantitative estimate of drug-likeness (QED) is 0.565. The molecule has 16 heavy (non-hydrogen) atoms. The lowest BCUT2D eigenvalue weighted by atomic mass is 9.74. The SMILES string of the molecule is CC(C)(N)C(C)(C)C(=O)NCCCC(N)=O. The van der Waals surface area contributed by atoms with Gasteiger partial charge in [0.15, 0.2) is 0 Å². The molecule has 0 fully saturated rings. The fourth-order valence-corrected chi connectivity index (χ4v) is 0.978. The highest BCUT2D eigenvalue weighted by atomic mass is 16.2. The molecular weight excluding hydrogens is 206 g/mol. The van der Waals surface area contributed by atoms with Gasteiger partial charge in [-0.15, -0.1) is 0 Å². The van der Waals surface area contributed by atoms with Crippen LogP contribution in [0.1, 0.15) is 40.5 Å². The van der Waals surface area contributed by atoms with E-state index >= 15 is 0 Å². The molecule has 5 N–H and O–H groups in total. The molecule has 5 nitrogen and oxygen atoms in total. The van der Waals surface area contributed by atoms with Crippen LogP contribution in [-0.4, -0.2) is 23.9 Å². The van der Waals surface area contributed by atoms with Gasteiger partial charge in [-0.1, -0.05) is 0 Å². The van der Waals surface area contributed by atoms with Crippen LogP contribution >= 0.6 is 0 Å². The van der Waals surface area contributed by atoms with Crippen LogP contribution in [0.3, 0.4) is 0 Å². The normalized spacial score (nSPS) is 12.3. The summed E-state index contributed by atoms with van der Waals surface area (Å²) in [5, 5.41) is 2.76. The number of carbonyl (C=O) groups excluding carboxylic acids is 2. The maximum absolute atomic E-state index is 11.8. The molecule has 0 aliphatic heterocycles. The summed E-state index contributed by atoms with van der Waals surface area (Å²) in [6, 6.07) is 0. The molecule has 0 aromatic rings. The summed E-state index contributed by atoms with van der Waals surface area (Å²) in [5.74, 6) is -0.461. The molecule has 0 saturated heterocycles. The third kappa shape index (κ3) is 4.18. The van der Waals surface area contributed by atoms with Gasteiger partial charge in [-0.2, -0.15) is 0 Å². The topological polar surface area (TPSA) is 98.2 Å². The minimum Gasteiger partial charge on any atom is -0.370 e. The van der Waals surface area contributed by atoms with Gasteiger partial charge in [0, 0.05) is 18.5 Å². The first-order valence-corrected chi connectivity index (χ1v) is 5.44. The monoisotopic (exact) mass is 229 g/mol. The van der Waals surface area contributed by atoms with Crippen LogP contribution in [0.4, 0.5) is 0 Å². The Balaban J connectivity index is 4.12. The Kier molecular flexibility index (Phi) is 4.93. The number of carbonyl (C=O) groups is 2. The second-order valence-corrected chi connectivity index (χ2v) is 5.17.